The molecule has 1 aromatic carbocycles. The van der Waals surface area contributed by atoms with Crippen LogP contribution in [0.15, 0.2) is 29.2 Å². The Balaban J connectivity index is 1.65. The van der Waals surface area contributed by atoms with Crippen molar-refractivity contribution in [3.63, 3.8) is 0 Å². The molecule has 0 radical (unpaired) electrons. The van der Waals surface area contributed by atoms with Crippen molar-refractivity contribution in [1.29, 1.82) is 0 Å². The highest BCUT2D eigenvalue weighted by Crippen LogP contribution is 2.38. The summed E-state index contributed by atoms with van der Waals surface area (Å²) in [6.07, 6.45) is 1.05. The zero-order valence-corrected chi connectivity index (χ0v) is 15.3. The lowest BCUT2D eigenvalue weighted by Crippen LogP contribution is -2.52. The number of halogens is 1. The first-order valence-corrected chi connectivity index (χ1v) is 10.6. The third-order valence-corrected chi connectivity index (χ3v) is 7.46. The lowest BCUT2D eigenvalue weighted by atomic mass is 9.80. The zero-order valence-electron chi connectivity index (χ0n) is 13.7. The maximum atomic E-state index is 13.0. The number of likely N-dealkylation sites (tertiary alicyclic amines) is 1. The van der Waals surface area contributed by atoms with E-state index in [0.29, 0.717) is 13.1 Å². The molecule has 2 aliphatic rings. The molecule has 1 atom stereocenters. The summed E-state index contributed by atoms with van der Waals surface area (Å²) in [5.74, 6) is -1.22. The fourth-order valence-electron chi connectivity index (χ4n) is 3.34. The second-order valence-corrected chi connectivity index (χ2v) is 9.54. The maximum Gasteiger partial charge on any atom is 0.319 e. The van der Waals surface area contributed by atoms with Crippen molar-refractivity contribution in [2.75, 3.05) is 24.6 Å². The van der Waals surface area contributed by atoms with E-state index in [9.17, 15) is 23.6 Å². The molecule has 136 valence electrons. The Morgan fingerprint density at radius 1 is 1.28 bits per heavy atom. The molecule has 8 heteroatoms. The highest BCUT2D eigenvalue weighted by Gasteiger charge is 2.52. The molecule has 0 bridgehead atoms. The van der Waals surface area contributed by atoms with Crippen LogP contribution in [0.4, 0.5) is 4.39 Å². The number of nitrogens with zero attached hydrogens (tertiary/aromatic N) is 1. The maximum absolute atomic E-state index is 13.0. The summed E-state index contributed by atoms with van der Waals surface area (Å²) in [7, 11) is 0. The Morgan fingerprint density at radius 2 is 1.92 bits per heavy atom. The second kappa shape index (κ2) is 7.55. The number of carboxylic acids is 1. The number of hydrogen-bond donors (Lipinski definition) is 1. The van der Waals surface area contributed by atoms with Gasteiger partial charge in [-0.25, -0.2) is 4.39 Å². The zero-order chi connectivity index (χ0) is 18.0. The summed E-state index contributed by atoms with van der Waals surface area (Å²) in [5.41, 5.74) is -1.43. The lowest BCUT2D eigenvalue weighted by Gasteiger charge is -2.35. The molecule has 0 aliphatic carbocycles. The smallest absolute Gasteiger partial charge is 0.319 e. The molecule has 2 aliphatic heterocycles. The van der Waals surface area contributed by atoms with Crippen molar-refractivity contribution < 1.29 is 23.6 Å². The SMILES string of the molecule is O=C(O)C1(C(=O)N2CCC(Sc3ccc(F)cc3)C2)CC[S+]([O-])CC1. The number of carboxylic acid groups (broad SMARTS) is 1. The average Bonchev–Trinajstić information content (AvgIpc) is 3.05. The van der Waals surface area contributed by atoms with Crippen LogP contribution in [0, 0.1) is 11.2 Å². The third kappa shape index (κ3) is 3.96. The van der Waals surface area contributed by atoms with E-state index in [1.54, 1.807) is 28.8 Å². The molecule has 0 saturated carbocycles. The van der Waals surface area contributed by atoms with Gasteiger partial charge in [0, 0.05) is 36.1 Å². The van der Waals surface area contributed by atoms with E-state index in [2.05, 4.69) is 0 Å². The molecular weight excluding hydrogens is 365 g/mol. The molecule has 1 N–H and O–H groups in total. The van der Waals surface area contributed by atoms with Crippen LogP contribution in [0.1, 0.15) is 19.3 Å². The summed E-state index contributed by atoms with van der Waals surface area (Å²) in [4.78, 5) is 27.3. The predicted octanol–water partition coefficient (Wildman–Crippen LogP) is 2.13. The Labute approximate surface area is 153 Å². The number of amides is 1. The highest BCUT2D eigenvalue weighted by atomic mass is 32.2. The first-order chi connectivity index (χ1) is 11.9. The van der Waals surface area contributed by atoms with Crippen LogP contribution in [0.3, 0.4) is 0 Å². The van der Waals surface area contributed by atoms with Crippen molar-refractivity contribution in [1.82, 2.24) is 4.90 Å². The molecular formula is C17H20FNO4S2. The van der Waals surface area contributed by atoms with Gasteiger partial charge >= 0.3 is 5.97 Å². The van der Waals surface area contributed by atoms with Gasteiger partial charge in [0.25, 0.3) is 0 Å². The van der Waals surface area contributed by atoms with Gasteiger partial charge < -0.3 is 14.6 Å². The van der Waals surface area contributed by atoms with E-state index in [0.717, 1.165) is 11.3 Å². The highest BCUT2D eigenvalue weighted by molar-refractivity contribution is 8.00. The van der Waals surface area contributed by atoms with Gasteiger partial charge in [-0.05, 0) is 30.7 Å². The average molecular weight is 385 g/mol. The number of carbonyl (C=O) groups excluding carboxylic acids is 1. The first-order valence-electron chi connectivity index (χ1n) is 8.21. The molecule has 5 nitrogen and oxygen atoms in total. The van der Waals surface area contributed by atoms with Gasteiger partial charge in [0.1, 0.15) is 17.3 Å². The number of rotatable bonds is 4. The van der Waals surface area contributed by atoms with Crippen LogP contribution in [0.2, 0.25) is 0 Å². The van der Waals surface area contributed by atoms with Crippen LogP contribution >= 0.6 is 11.8 Å². The fourth-order valence-corrected chi connectivity index (χ4v) is 5.85. The van der Waals surface area contributed by atoms with E-state index in [1.165, 1.54) is 12.1 Å². The number of benzene rings is 1. The van der Waals surface area contributed by atoms with E-state index in [1.807, 2.05) is 0 Å². The fraction of sp³-hybridized carbons (Fsp3) is 0.529. The Hall–Kier alpha value is -1.25. The van der Waals surface area contributed by atoms with E-state index < -0.39 is 22.6 Å². The van der Waals surface area contributed by atoms with Crippen LogP contribution < -0.4 is 0 Å². The van der Waals surface area contributed by atoms with Gasteiger partial charge in [-0.2, -0.15) is 0 Å². The first kappa shape index (κ1) is 18.5. The van der Waals surface area contributed by atoms with Gasteiger partial charge in [0.05, 0.1) is 0 Å². The van der Waals surface area contributed by atoms with Crippen LogP contribution in [0.25, 0.3) is 0 Å². The number of hydrogen-bond acceptors (Lipinski definition) is 4. The standard InChI is InChI=1S/C17H20FNO4S2/c18-12-1-3-13(4-2-12)24-14-5-8-19(11-14)15(20)17(16(21)22)6-9-25(23)10-7-17/h1-4,14H,5-11H2,(H,21,22). The topological polar surface area (TPSA) is 80.7 Å². The quantitative estimate of drug-likeness (QED) is 0.634. The number of thioether (sulfide) groups is 1. The Kier molecular flexibility index (Phi) is 5.60. The van der Waals surface area contributed by atoms with Crippen molar-refractivity contribution >= 4 is 34.8 Å². The van der Waals surface area contributed by atoms with E-state index >= 15 is 0 Å². The second-order valence-electron chi connectivity index (χ2n) is 6.47. The predicted molar refractivity (Wildman–Crippen MR) is 94.4 cm³/mol. The largest absolute Gasteiger partial charge is 0.616 e. The third-order valence-electron chi connectivity index (χ3n) is 4.88. The Morgan fingerprint density at radius 3 is 2.52 bits per heavy atom. The Bertz CT molecular complexity index is 647. The van der Waals surface area contributed by atoms with Crippen molar-refractivity contribution in [3.8, 4) is 0 Å². The van der Waals surface area contributed by atoms with Gasteiger partial charge in [-0.3, -0.25) is 9.59 Å². The molecule has 0 spiro atoms. The van der Waals surface area contributed by atoms with E-state index in [4.69, 9.17) is 0 Å². The minimum atomic E-state index is -1.43. The summed E-state index contributed by atoms with van der Waals surface area (Å²) in [5, 5.41) is 9.81. The van der Waals surface area contributed by atoms with E-state index in [-0.39, 0.29) is 41.3 Å². The molecule has 2 heterocycles. The molecule has 1 unspecified atom stereocenters. The van der Waals surface area contributed by atoms with Gasteiger partial charge in [0.15, 0.2) is 5.41 Å². The molecule has 0 aromatic heterocycles. The van der Waals surface area contributed by atoms with Crippen LogP contribution in [-0.2, 0) is 20.8 Å². The molecule has 1 amide bonds. The van der Waals surface area contributed by atoms with Gasteiger partial charge in [-0.15, -0.1) is 11.8 Å². The number of carbonyl (C=O) groups is 2. The molecule has 1 aromatic rings. The monoisotopic (exact) mass is 385 g/mol. The summed E-state index contributed by atoms with van der Waals surface area (Å²) in [6.45, 7) is 1.01. The summed E-state index contributed by atoms with van der Waals surface area (Å²) >= 11 is 0.553. The lowest BCUT2D eigenvalue weighted by molar-refractivity contribution is -0.161. The molecule has 2 saturated heterocycles. The minimum absolute atomic E-state index is 0.139. The minimum Gasteiger partial charge on any atom is -0.616 e. The van der Waals surface area contributed by atoms with Gasteiger partial charge in [-0.1, -0.05) is 11.2 Å². The summed E-state index contributed by atoms with van der Waals surface area (Å²) in [6, 6.07) is 6.23. The molecule has 3 rings (SSSR count). The molecule has 2 fully saturated rings. The van der Waals surface area contributed by atoms with Gasteiger partial charge in [0.2, 0.25) is 5.91 Å². The number of aliphatic carboxylic acids is 1. The summed E-state index contributed by atoms with van der Waals surface area (Å²) < 4.78 is 24.5. The van der Waals surface area contributed by atoms with Crippen molar-refractivity contribution in [2.24, 2.45) is 5.41 Å². The normalized spacial score (nSPS) is 29.6. The van der Waals surface area contributed by atoms with Crippen LogP contribution in [0.5, 0.6) is 0 Å². The van der Waals surface area contributed by atoms with Crippen molar-refractivity contribution in [3.05, 3.63) is 30.1 Å². The molecule has 25 heavy (non-hydrogen) atoms. The van der Waals surface area contributed by atoms with Crippen molar-refractivity contribution in [2.45, 2.75) is 29.4 Å². The van der Waals surface area contributed by atoms with Crippen LogP contribution in [-0.4, -0.2) is 56.3 Å².